The first-order valence-corrected chi connectivity index (χ1v) is 12.7. The smallest absolute Gasteiger partial charge is 0.300 e. The lowest BCUT2D eigenvalue weighted by atomic mass is 9.99. The number of halogens is 1. The van der Waals surface area contributed by atoms with E-state index >= 15 is 0 Å². The van der Waals surface area contributed by atoms with Crippen LogP contribution in [0.1, 0.15) is 16.5 Å². The molecule has 1 aliphatic rings. The highest BCUT2D eigenvalue weighted by Gasteiger charge is 2.47. The Hall–Kier alpha value is -2.99. The third kappa shape index (κ3) is 4.20. The number of rotatable bonds is 5. The Kier molecular flexibility index (Phi) is 6.14. The lowest BCUT2D eigenvalue weighted by Gasteiger charge is -2.24. The van der Waals surface area contributed by atoms with E-state index in [2.05, 4.69) is 15.9 Å². The predicted octanol–water partition coefficient (Wildman–Crippen LogP) is 3.79. The zero-order chi connectivity index (χ0) is 23.9. The third-order valence-corrected chi connectivity index (χ3v) is 7.60. The number of ether oxygens (including phenoxy) is 1. The van der Waals surface area contributed by atoms with Gasteiger partial charge in [-0.3, -0.25) is 14.5 Å². The van der Waals surface area contributed by atoms with Gasteiger partial charge in [0.05, 0.1) is 22.1 Å². The van der Waals surface area contributed by atoms with E-state index in [4.69, 9.17) is 9.88 Å². The SMILES string of the molecule is COc1ccc(/C(O)=C2/C(=O)C(=O)N(c3ccc(S(N)(=O)=O)cc3)C2c2cccs2)cc1Br. The first-order chi connectivity index (χ1) is 15.6. The first kappa shape index (κ1) is 23.2. The minimum atomic E-state index is -3.93. The molecule has 1 unspecified atom stereocenters. The maximum Gasteiger partial charge on any atom is 0.300 e. The Labute approximate surface area is 202 Å². The molecule has 1 aromatic heterocycles. The van der Waals surface area contributed by atoms with Crippen molar-refractivity contribution in [2.45, 2.75) is 10.9 Å². The van der Waals surface area contributed by atoms with Crippen LogP contribution >= 0.6 is 27.3 Å². The normalized spacial score (nSPS) is 18.0. The van der Waals surface area contributed by atoms with E-state index < -0.39 is 27.8 Å². The van der Waals surface area contributed by atoms with Crippen LogP contribution in [0.5, 0.6) is 5.75 Å². The molecule has 1 saturated heterocycles. The number of hydrogen-bond acceptors (Lipinski definition) is 7. The monoisotopic (exact) mass is 548 g/mol. The number of anilines is 1. The highest BCUT2D eigenvalue weighted by molar-refractivity contribution is 9.10. The number of nitrogens with zero attached hydrogens (tertiary/aromatic N) is 1. The van der Waals surface area contributed by atoms with E-state index in [-0.39, 0.29) is 21.9 Å². The van der Waals surface area contributed by atoms with Gasteiger partial charge in [-0.15, -0.1) is 11.3 Å². The summed E-state index contributed by atoms with van der Waals surface area (Å²) in [6, 6.07) is 12.7. The maximum atomic E-state index is 13.1. The Bertz CT molecular complexity index is 1380. The lowest BCUT2D eigenvalue weighted by molar-refractivity contribution is -0.132. The number of nitrogens with two attached hydrogens (primary N) is 1. The average Bonchev–Trinajstić information content (AvgIpc) is 3.40. The molecule has 8 nitrogen and oxygen atoms in total. The van der Waals surface area contributed by atoms with E-state index in [0.717, 1.165) is 0 Å². The number of sulfonamides is 1. The first-order valence-electron chi connectivity index (χ1n) is 9.44. The summed E-state index contributed by atoms with van der Waals surface area (Å²) >= 11 is 4.68. The molecule has 1 fully saturated rings. The number of carbonyl (C=O) groups excluding carboxylic acids is 2. The molecule has 33 heavy (non-hydrogen) atoms. The van der Waals surface area contributed by atoms with Crippen molar-refractivity contribution in [1.29, 1.82) is 0 Å². The molecule has 0 bridgehead atoms. The van der Waals surface area contributed by atoms with Crippen LogP contribution in [0.25, 0.3) is 5.76 Å². The molecule has 11 heteroatoms. The Morgan fingerprint density at radius 3 is 2.39 bits per heavy atom. The van der Waals surface area contributed by atoms with E-state index in [9.17, 15) is 23.1 Å². The molecule has 2 heterocycles. The van der Waals surface area contributed by atoms with E-state index in [1.54, 1.807) is 35.7 Å². The fourth-order valence-corrected chi connectivity index (χ4v) is 5.46. The zero-order valence-corrected chi connectivity index (χ0v) is 20.3. The third-order valence-electron chi connectivity index (χ3n) is 5.13. The minimum absolute atomic E-state index is 0.0740. The molecule has 1 amide bonds. The van der Waals surface area contributed by atoms with Crippen molar-refractivity contribution in [3.8, 4) is 5.75 Å². The molecular weight excluding hydrogens is 532 g/mol. The van der Waals surface area contributed by atoms with E-state index in [1.807, 2.05) is 0 Å². The minimum Gasteiger partial charge on any atom is -0.507 e. The van der Waals surface area contributed by atoms with Crippen LogP contribution < -0.4 is 14.8 Å². The fourth-order valence-electron chi connectivity index (χ4n) is 3.58. The Morgan fingerprint density at radius 2 is 1.85 bits per heavy atom. The predicted molar refractivity (Wildman–Crippen MR) is 128 cm³/mol. The number of primary sulfonamides is 1. The lowest BCUT2D eigenvalue weighted by Crippen LogP contribution is -2.29. The Balaban J connectivity index is 1.88. The van der Waals surface area contributed by atoms with Crippen molar-refractivity contribution in [3.63, 3.8) is 0 Å². The summed E-state index contributed by atoms with van der Waals surface area (Å²) in [5.41, 5.74) is 0.541. The average molecular weight is 549 g/mol. The van der Waals surface area contributed by atoms with Crippen LogP contribution in [0.15, 0.2) is 74.9 Å². The van der Waals surface area contributed by atoms with Crippen molar-refractivity contribution in [2.75, 3.05) is 12.0 Å². The van der Waals surface area contributed by atoms with Crippen LogP contribution in [-0.2, 0) is 19.6 Å². The number of hydrogen-bond donors (Lipinski definition) is 2. The summed E-state index contributed by atoms with van der Waals surface area (Å²) in [6.07, 6.45) is 0. The van der Waals surface area contributed by atoms with Crippen molar-refractivity contribution in [2.24, 2.45) is 5.14 Å². The topological polar surface area (TPSA) is 127 Å². The summed E-state index contributed by atoms with van der Waals surface area (Å²) in [5.74, 6) is -1.49. The van der Waals surface area contributed by atoms with Crippen molar-refractivity contribution < 1.29 is 27.9 Å². The summed E-state index contributed by atoms with van der Waals surface area (Å²) < 4.78 is 29.0. The molecule has 4 rings (SSSR count). The van der Waals surface area contributed by atoms with Crippen LogP contribution in [0, 0.1) is 0 Å². The standard InChI is InChI=1S/C22H17BrN2O6S2/c1-31-16-9-4-12(11-15(16)23)20(26)18-19(17-3-2-10-32-17)25(22(28)21(18)27)13-5-7-14(8-6-13)33(24,29)30/h2-11,19,26H,1H3,(H2,24,29,30)/b20-18-. The van der Waals surface area contributed by atoms with Gasteiger partial charge in [0.15, 0.2) is 0 Å². The Morgan fingerprint density at radius 1 is 1.15 bits per heavy atom. The van der Waals surface area contributed by atoms with Gasteiger partial charge < -0.3 is 9.84 Å². The van der Waals surface area contributed by atoms with Crippen molar-refractivity contribution >= 4 is 60.4 Å². The van der Waals surface area contributed by atoms with Gasteiger partial charge in [-0.2, -0.15) is 0 Å². The summed E-state index contributed by atoms with van der Waals surface area (Å²) in [7, 11) is -2.42. The quantitative estimate of drug-likeness (QED) is 0.283. The van der Waals surface area contributed by atoms with Crippen molar-refractivity contribution in [1.82, 2.24) is 0 Å². The molecule has 3 aromatic rings. The van der Waals surface area contributed by atoms with Crippen molar-refractivity contribution in [3.05, 3.63) is 80.5 Å². The number of ketones is 1. The molecule has 2 aromatic carbocycles. The number of benzene rings is 2. The van der Waals surface area contributed by atoms with Crippen LogP contribution in [0.2, 0.25) is 0 Å². The van der Waals surface area contributed by atoms with Gasteiger partial charge in [-0.1, -0.05) is 6.07 Å². The number of Topliss-reactive ketones (excluding diaryl/α,β-unsaturated/α-hetero) is 1. The van der Waals surface area contributed by atoms with Crippen LogP contribution in [0.3, 0.4) is 0 Å². The highest BCUT2D eigenvalue weighted by atomic mass is 79.9. The molecule has 3 N–H and O–H groups in total. The van der Waals surface area contributed by atoms with Gasteiger partial charge in [-0.25, -0.2) is 13.6 Å². The fraction of sp³-hybridized carbons (Fsp3) is 0.0909. The molecule has 1 aliphatic heterocycles. The molecule has 0 saturated carbocycles. The molecular formula is C22H17BrN2O6S2. The second-order valence-corrected chi connectivity index (χ2v) is 10.5. The van der Waals surface area contributed by atoms with Gasteiger partial charge in [0.1, 0.15) is 17.6 Å². The number of aliphatic hydroxyl groups is 1. The number of methoxy groups -OCH3 is 1. The summed E-state index contributed by atoms with van der Waals surface area (Å²) in [6.45, 7) is 0. The van der Waals surface area contributed by atoms with Crippen LogP contribution in [-0.4, -0.2) is 32.3 Å². The number of amides is 1. The molecule has 0 aliphatic carbocycles. The highest BCUT2D eigenvalue weighted by Crippen LogP contribution is 2.44. The molecule has 0 spiro atoms. The van der Waals surface area contributed by atoms with E-state index in [0.29, 0.717) is 20.7 Å². The maximum absolute atomic E-state index is 13.1. The molecule has 0 radical (unpaired) electrons. The van der Waals surface area contributed by atoms with Gasteiger partial charge in [0.25, 0.3) is 11.7 Å². The second-order valence-electron chi connectivity index (χ2n) is 7.07. The van der Waals surface area contributed by atoms with Gasteiger partial charge in [0, 0.05) is 16.1 Å². The number of aliphatic hydroxyl groups excluding tert-OH is 1. The largest absolute Gasteiger partial charge is 0.507 e. The number of carbonyl (C=O) groups is 2. The molecule has 1 atom stereocenters. The van der Waals surface area contributed by atoms with Gasteiger partial charge in [0.2, 0.25) is 10.0 Å². The summed E-state index contributed by atoms with van der Waals surface area (Å²) in [5, 5.41) is 18.1. The van der Waals surface area contributed by atoms with Gasteiger partial charge >= 0.3 is 0 Å². The zero-order valence-electron chi connectivity index (χ0n) is 17.1. The van der Waals surface area contributed by atoms with Crippen LogP contribution in [0.4, 0.5) is 5.69 Å². The summed E-state index contributed by atoms with van der Waals surface area (Å²) in [4.78, 5) is 27.9. The van der Waals surface area contributed by atoms with Gasteiger partial charge in [-0.05, 0) is 69.8 Å². The molecule has 170 valence electrons. The number of thiophene rings is 1. The van der Waals surface area contributed by atoms with E-state index in [1.165, 1.54) is 47.6 Å². The second kappa shape index (κ2) is 8.75.